The molecule has 2 heteroatoms. The first-order valence-electron chi connectivity index (χ1n) is 1.81. The van der Waals surface area contributed by atoms with E-state index in [4.69, 9.17) is 0 Å². The van der Waals surface area contributed by atoms with E-state index in [-0.39, 0.29) is 17.8 Å². The number of carbonyl (C=O) groups is 1. The molecule has 32 valence electrons. The zero-order chi connectivity index (χ0) is 4.73. The second-order valence-corrected chi connectivity index (χ2v) is 1.45. The zero-order valence-corrected chi connectivity index (χ0v) is 3.39. The molecule has 2 radical (unpaired) electrons. The van der Waals surface area contributed by atoms with Crippen molar-refractivity contribution >= 4 is 5.78 Å². The van der Waals surface area contributed by atoms with Crippen LogP contribution in [0.5, 0.6) is 0 Å². The molecule has 0 N–H and O–H groups in total. The minimum absolute atomic E-state index is 0.213. The van der Waals surface area contributed by atoms with Crippen LogP contribution in [-0.2, 0) is 9.90 Å². The lowest BCUT2D eigenvalue weighted by Crippen LogP contribution is -1.61. The van der Waals surface area contributed by atoms with Crippen LogP contribution in [0.1, 0.15) is 6.92 Å². The first-order valence-corrected chi connectivity index (χ1v) is 1.81. The first kappa shape index (κ1) is 3.81. The standard InChI is InChI=1S/C4H4O2/c1-2-3(5)4(2)6/h2H,1H3. The van der Waals surface area contributed by atoms with Gasteiger partial charge in [0.25, 0.3) is 0 Å². The molecule has 0 saturated heterocycles. The van der Waals surface area contributed by atoms with Gasteiger partial charge in [-0.25, -0.2) is 5.11 Å². The Balaban J connectivity index is 2.51. The topological polar surface area (TPSA) is 37.0 Å². The minimum atomic E-state index is -0.259. The van der Waals surface area contributed by atoms with E-state index in [1.807, 2.05) is 0 Å². The van der Waals surface area contributed by atoms with Crippen LogP contribution in [0, 0.1) is 12.0 Å². The van der Waals surface area contributed by atoms with E-state index >= 15 is 0 Å². The fourth-order valence-electron chi connectivity index (χ4n) is 0.284. The third kappa shape index (κ3) is 0.271. The van der Waals surface area contributed by atoms with Crippen LogP contribution in [0.3, 0.4) is 0 Å². The van der Waals surface area contributed by atoms with Gasteiger partial charge < -0.3 is 0 Å². The molecule has 0 aromatic carbocycles. The summed E-state index contributed by atoms with van der Waals surface area (Å²) in [6.45, 7) is 1.62. The Morgan fingerprint density at radius 3 is 1.83 bits per heavy atom. The number of carbonyl (C=O) groups excluding carboxylic acids is 1. The van der Waals surface area contributed by atoms with Gasteiger partial charge >= 0.3 is 0 Å². The van der Waals surface area contributed by atoms with Crippen LogP contribution >= 0.6 is 0 Å². The summed E-state index contributed by atoms with van der Waals surface area (Å²) in [6.07, 6.45) is -0.213. The van der Waals surface area contributed by atoms with E-state index in [0.29, 0.717) is 0 Å². The summed E-state index contributed by atoms with van der Waals surface area (Å²) in [4.78, 5) is 9.87. The average molecular weight is 84.1 g/mol. The molecule has 0 aromatic rings. The molecule has 0 aliphatic heterocycles. The van der Waals surface area contributed by atoms with Gasteiger partial charge in [0.05, 0.1) is 5.92 Å². The number of hydrogen-bond donors (Lipinski definition) is 0. The van der Waals surface area contributed by atoms with Gasteiger partial charge in [0.1, 0.15) is 0 Å². The molecule has 2 nitrogen and oxygen atoms in total. The number of rotatable bonds is 0. The molecule has 1 unspecified atom stereocenters. The lowest BCUT2D eigenvalue weighted by Gasteiger charge is -1.57. The first-order chi connectivity index (χ1) is 2.73. The smallest absolute Gasteiger partial charge is 0.211 e. The van der Waals surface area contributed by atoms with Gasteiger partial charge in [-0.3, -0.25) is 4.79 Å². The van der Waals surface area contributed by atoms with Gasteiger partial charge in [0.15, 0.2) is 5.78 Å². The molecule has 1 aliphatic carbocycles. The van der Waals surface area contributed by atoms with E-state index in [9.17, 15) is 9.90 Å². The summed E-state index contributed by atoms with van der Waals surface area (Å²) in [5.41, 5.74) is 0. The fraction of sp³-hybridized carbons (Fsp3) is 0.500. The third-order valence-electron chi connectivity index (χ3n) is 0.946. The Kier molecular flexibility index (Phi) is 0.520. The molecule has 6 heavy (non-hydrogen) atoms. The normalized spacial score (nSPS) is 34.3. The largest absolute Gasteiger partial charge is 0.296 e. The molecule has 0 amide bonds. The van der Waals surface area contributed by atoms with Gasteiger partial charge in [-0.1, -0.05) is 6.92 Å². The molecule has 0 spiro atoms. The summed E-state index contributed by atoms with van der Waals surface area (Å²) in [6, 6.07) is 0. The third-order valence-corrected chi connectivity index (χ3v) is 0.946. The highest BCUT2D eigenvalue weighted by Crippen LogP contribution is 2.32. The lowest BCUT2D eigenvalue weighted by atomic mass is 10.5. The van der Waals surface area contributed by atoms with Crippen molar-refractivity contribution in [3.8, 4) is 0 Å². The number of ketones is 1. The van der Waals surface area contributed by atoms with E-state index in [1.165, 1.54) is 0 Å². The van der Waals surface area contributed by atoms with E-state index in [2.05, 4.69) is 0 Å². The summed E-state index contributed by atoms with van der Waals surface area (Å²) in [7, 11) is 0. The van der Waals surface area contributed by atoms with Crippen LogP contribution in [0.2, 0.25) is 0 Å². The predicted octanol–water partition coefficient (Wildman–Crippen LogP) is 0.168. The van der Waals surface area contributed by atoms with Gasteiger partial charge in [-0.2, -0.15) is 0 Å². The molecule has 0 heterocycles. The summed E-state index contributed by atoms with van der Waals surface area (Å²) in [5.74, 6) is -0.472. The van der Waals surface area contributed by atoms with Crippen molar-refractivity contribution in [2.24, 2.45) is 5.92 Å². The van der Waals surface area contributed by atoms with Gasteiger partial charge in [0.2, 0.25) is 6.10 Å². The molecule has 1 saturated carbocycles. The quantitative estimate of drug-likeness (QED) is 0.412. The number of Topliss-reactive ketones (excluding diaryl/α,β-unsaturated/α-hetero) is 1. The van der Waals surface area contributed by atoms with E-state index < -0.39 is 0 Å². The maximum Gasteiger partial charge on any atom is 0.211 e. The van der Waals surface area contributed by atoms with Crippen LogP contribution in [0.15, 0.2) is 0 Å². The highest BCUT2D eigenvalue weighted by Gasteiger charge is 2.47. The Hall–Kier alpha value is -0.370. The Labute approximate surface area is 35.8 Å². The maximum absolute atomic E-state index is 9.87. The monoisotopic (exact) mass is 84.0 g/mol. The SMILES string of the molecule is CC1[C]([O])C1=O. The van der Waals surface area contributed by atoms with Gasteiger partial charge in [-0.15, -0.1) is 0 Å². The molecule has 1 aliphatic rings. The lowest BCUT2D eigenvalue weighted by molar-refractivity contribution is -0.112. The fourth-order valence-corrected chi connectivity index (χ4v) is 0.284. The van der Waals surface area contributed by atoms with Crippen molar-refractivity contribution < 1.29 is 9.90 Å². The highest BCUT2D eigenvalue weighted by molar-refractivity contribution is 6.09. The van der Waals surface area contributed by atoms with Crippen LogP contribution in [0.25, 0.3) is 0 Å². The van der Waals surface area contributed by atoms with Crippen molar-refractivity contribution in [2.45, 2.75) is 6.92 Å². The van der Waals surface area contributed by atoms with E-state index in [0.717, 1.165) is 0 Å². The average Bonchev–Trinajstić information content (AvgIpc) is 1.94. The summed E-state index contributed by atoms with van der Waals surface area (Å²) >= 11 is 0. The number of hydrogen-bond acceptors (Lipinski definition) is 1. The van der Waals surface area contributed by atoms with Crippen molar-refractivity contribution in [1.82, 2.24) is 0 Å². The molecule has 1 rings (SSSR count). The Bertz CT molecular complexity index is 77.5. The maximum atomic E-state index is 9.87. The molecule has 1 fully saturated rings. The van der Waals surface area contributed by atoms with Crippen molar-refractivity contribution in [2.75, 3.05) is 0 Å². The zero-order valence-electron chi connectivity index (χ0n) is 3.39. The molecule has 1 atom stereocenters. The second-order valence-electron chi connectivity index (χ2n) is 1.45. The van der Waals surface area contributed by atoms with Gasteiger partial charge in [-0.05, 0) is 0 Å². The molecular formula is C4H4O2. The van der Waals surface area contributed by atoms with Crippen LogP contribution in [-0.4, -0.2) is 5.78 Å². The molecular weight excluding hydrogens is 80.0 g/mol. The van der Waals surface area contributed by atoms with E-state index in [1.54, 1.807) is 6.92 Å². The molecule has 0 bridgehead atoms. The van der Waals surface area contributed by atoms with Crippen LogP contribution in [0.4, 0.5) is 0 Å². The van der Waals surface area contributed by atoms with Crippen molar-refractivity contribution in [1.29, 1.82) is 0 Å². The predicted molar refractivity (Wildman–Crippen MR) is 18.1 cm³/mol. The summed E-state index contributed by atoms with van der Waals surface area (Å²) < 4.78 is 0. The summed E-state index contributed by atoms with van der Waals surface area (Å²) in [5, 5.41) is 9.87. The van der Waals surface area contributed by atoms with Gasteiger partial charge in [0, 0.05) is 0 Å². The van der Waals surface area contributed by atoms with Crippen LogP contribution < -0.4 is 0 Å². The van der Waals surface area contributed by atoms with Crippen molar-refractivity contribution in [3.05, 3.63) is 6.10 Å². The molecule has 0 aromatic heterocycles. The Morgan fingerprint density at radius 1 is 1.67 bits per heavy atom. The minimum Gasteiger partial charge on any atom is -0.296 e. The second kappa shape index (κ2) is 0.819. The Morgan fingerprint density at radius 2 is 1.83 bits per heavy atom. The highest BCUT2D eigenvalue weighted by atomic mass is 16.3. The van der Waals surface area contributed by atoms with Crippen molar-refractivity contribution in [3.63, 3.8) is 0 Å².